The average molecular weight is 434 g/mol. The van der Waals surface area contributed by atoms with Gasteiger partial charge in [-0.05, 0) is 51.8 Å². The van der Waals surface area contributed by atoms with E-state index in [1.165, 1.54) is 10.9 Å². The molecular formula is C18H14BrClN4O2. The lowest BCUT2D eigenvalue weighted by molar-refractivity contribution is 0.412. The third-order valence-corrected chi connectivity index (χ3v) is 4.48. The molecule has 1 N–H and O–H groups in total. The summed E-state index contributed by atoms with van der Waals surface area (Å²) < 4.78 is 7.23. The van der Waals surface area contributed by atoms with Gasteiger partial charge in [-0.3, -0.25) is 10.2 Å². The number of nitrogens with zero attached hydrogens (tertiary/aromatic N) is 3. The van der Waals surface area contributed by atoms with Crippen LogP contribution < -0.4 is 15.7 Å². The number of benzene rings is 2. The Morgan fingerprint density at radius 2 is 2.04 bits per heavy atom. The Hall–Kier alpha value is -2.64. The Balaban J connectivity index is 1.80. The Bertz CT molecular complexity index is 1010. The second-order valence-electron chi connectivity index (χ2n) is 5.19. The smallest absolute Gasteiger partial charge is 0.292 e. The van der Waals surface area contributed by atoms with Crippen LogP contribution in [0.4, 0.5) is 5.69 Å². The summed E-state index contributed by atoms with van der Waals surface area (Å²) in [5.74, 6) is 0.729. The molecule has 0 atom stereocenters. The quantitative estimate of drug-likeness (QED) is 0.486. The maximum Gasteiger partial charge on any atom is 0.292 e. The molecule has 0 fully saturated rings. The SMILES string of the molecule is COc1ccc(/C=N\Nc2cnn(-c3ccccc3)c(=O)c2Cl)cc1Br. The molecule has 6 nitrogen and oxygen atoms in total. The second-order valence-corrected chi connectivity index (χ2v) is 6.42. The highest BCUT2D eigenvalue weighted by molar-refractivity contribution is 9.10. The van der Waals surface area contributed by atoms with Crippen molar-refractivity contribution in [2.45, 2.75) is 0 Å². The fourth-order valence-electron chi connectivity index (χ4n) is 2.20. The molecule has 0 aliphatic rings. The molecule has 26 heavy (non-hydrogen) atoms. The molecule has 3 rings (SSSR count). The lowest BCUT2D eigenvalue weighted by atomic mass is 10.2. The summed E-state index contributed by atoms with van der Waals surface area (Å²) >= 11 is 9.57. The van der Waals surface area contributed by atoms with Gasteiger partial charge in [-0.2, -0.15) is 14.9 Å². The largest absolute Gasteiger partial charge is 0.496 e. The Morgan fingerprint density at radius 1 is 1.27 bits per heavy atom. The zero-order valence-corrected chi connectivity index (χ0v) is 16.0. The minimum absolute atomic E-state index is 0.0110. The Kier molecular flexibility index (Phi) is 5.70. The number of anilines is 1. The second kappa shape index (κ2) is 8.16. The summed E-state index contributed by atoms with van der Waals surface area (Å²) in [5.41, 5.74) is 4.12. The highest BCUT2D eigenvalue weighted by Crippen LogP contribution is 2.25. The molecule has 1 aromatic heterocycles. The number of para-hydroxylation sites is 1. The summed E-state index contributed by atoms with van der Waals surface area (Å²) in [4.78, 5) is 12.4. The number of aromatic nitrogens is 2. The van der Waals surface area contributed by atoms with E-state index in [-0.39, 0.29) is 5.02 Å². The number of hydrogen-bond acceptors (Lipinski definition) is 5. The van der Waals surface area contributed by atoms with Crippen molar-refractivity contribution in [2.75, 3.05) is 12.5 Å². The molecule has 132 valence electrons. The van der Waals surface area contributed by atoms with Crippen LogP contribution in [0.2, 0.25) is 5.02 Å². The van der Waals surface area contributed by atoms with E-state index in [2.05, 4.69) is 31.6 Å². The van der Waals surface area contributed by atoms with Gasteiger partial charge in [0, 0.05) is 0 Å². The van der Waals surface area contributed by atoms with Crippen molar-refractivity contribution in [2.24, 2.45) is 5.10 Å². The van der Waals surface area contributed by atoms with Crippen LogP contribution in [0.25, 0.3) is 5.69 Å². The molecule has 0 aliphatic carbocycles. The van der Waals surface area contributed by atoms with Crippen molar-refractivity contribution in [3.05, 3.63) is 80.1 Å². The summed E-state index contributed by atoms with van der Waals surface area (Å²) in [5, 5.41) is 8.25. The molecule has 3 aromatic rings. The van der Waals surface area contributed by atoms with Gasteiger partial charge >= 0.3 is 0 Å². The molecule has 1 heterocycles. The molecule has 0 bridgehead atoms. The van der Waals surface area contributed by atoms with E-state index in [9.17, 15) is 4.79 Å². The third kappa shape index (κ3) is 3.95. The first-order chi connectivity index (χ1) is 12.6. The van der Waals surface area contributed by atoms with Crippen LogP contribution in [0.5, 0.6) is 5.75 Å². The minimum Gasteiger partial charge on any atom is -0.496 e. The van der Waals surface area contributed by atoms with E-state index in [1.54, 1.807) is 25.5 Å². The van der Waals surface area contributed by atoms with Crippen LogP contribution >= 0.6 is 27.5 Å². The topological polar surface area (TPSA) is 68.5 Å². The zero-order valence-electron chi connectivity index (χ0n) is 13.7. The third-order valence-electron chi connectivity index (χ3n) is 3.49. The van der Waals surface area contributed by atoms with E-state index < -0.39 is 5.56 Å². The van der Waals surface area contributed by atoms with Gasteiger partial charge in [0.1, 0.15) is 16.5 Å². The van der Waals surface area contributed by atoms with Gasteiger partial charge in [-0.15, -0.1) is 0 Å². The molecule has 0 saturated heterocycles. The number of ether oxygens (including phenoxy) is 1. The van der Waals surface area contributed by atoms with Gasteiger partial charge in [0.05, 0.1) is 29.7 Å². The number of hydrazone groups is 1. The lowest BCUT2D eigenvalue weighted by Crippen LogP contribution is -2.22. The molecule has 0 radical (unpaired) electrons. The predicted octanol–water partition coefficient (Wildman–Crippen LogP) is 4.10. The number of rotatable bonds is 5. The highest BCUT2D eigenvalue weighted by Gasteiger charge is 2.10. The summed E-state index contributed by atoms with van der Waals surface area (Å²) in [6, 6.07) is 14.6. The maximum atomic E-state index is 12.4. The number of halogens is 2. The number of hydrogen-bond donors (Lipinski definition) is 1. The Morgan fingerprint density at radius 3 is 2.73 bits per heavy atom. The van der Waals surface area contributed by atoms with Crippen molar-refractivity contribution >= 4 is 39.4 Å². The van der Waals surface area contributed by atoms with Crippen LogP contribution in [0.15, 0.2) is 69.1 Å². The maximum absolute atomic E-state index is 12.4. The van der Waals surface area contributed by atoms with E-state index in [0.717, 1.165) is 15.8 Å². The van der Waals surface area contributed by atoms with Crippen molar-refractivity contribution in [3.63, 3.8) is 0 Å². The first kappa shape index (κ1) is 18.2. The van der Waals surface area contributed by atoms with E-state index in [0.29, 0.717) is 11.4 Å². The van der Waals surface area contributed by atoms with Crippen molar-refractivity contribution < 1.29 is 4.74 Å². The van der Waals surface area contributed by atoms with Gasteiger partial charge < -0.3 is 4.74 Å². The molecule has 0 amide bonds. The molecule has 0 saturated carbocycles. The molecule has 0 aliphatic heterocycles. The van der Waals surface area contributed by atoms with E-state index in [4.69, 9.17) is 16.3 Å². The van der Waals surface area contributed by atoms with Crippen LogP contribution in [0.3, 0.4) is 0 Å². The summed E-state index contributed by atoms with van der Waals surface area (Å²) in [6.07, 6.45) is 3.06. The van der Waals surface area contributed by atoms with Crippen LogP contribution in [0.1, 0.15) is 5.56 Å². The number of methoxy groups -OCH3 is 1. The fourth-order valence-corrected chi connectivity index (χ4v) is 2.93. The van der Waals surface area contributed by atoms with Gasteiger partial charge in [-0.25, -0.2) is 0 Å². The average Bonchev–Trinajstić information content (AvgIpc) is 2.66. The number of nitrogens with one attached hydrogen (secondary N) is 1. The van der Waals surface area contributed by atoms with Crippen LogP contribution in [-0.4, -0.2) is 23.1 Å². The standard InChI is InChI=1S/C18H14BrClN4O2/c1-26-16-8-7-12(9-14(16)19)10-21-23-15-11-22-24(18(25)17(15)20)13-5-3-2-4-6-13/h2-11,23H,1H3/b21-10-. The van der Waals surface area contributed by atoms with Crippen molar-refractivity contribution in [3.8, 4) is 11.4 Å². The van der Waals surface area contributed by atoms with Gasteiger partial charge in [0.25, 0.3) is 5.56 Å². The normalized spacial score (nSPS) is 10.9. The molecule has 0 unspecified atom stereocenters. The molecule has 2 aromatic carbocycles. The fraction of sp³-hybridized carbons (Fsp3) is 0.0556. The van der Waals surface area contributed by atoms with Gasteiger partial charge in [-0.1, -0.05) is 29.8 Å². The van der Waals surface area contributed by atoms with Crippen molar-refractivity contribution in [1.82, 2.24) is 9.78 Å². The van der Waals surface area contributed by atoms with E-state index in [1.807, 2.05) is 36.4 Å². The van der Waals surface area contributed by atoms with Crippen molar-refractivity contribution in [1.29, 1.82) is 0 Å². The summed E-state index contributed by atoms with van der Waals surface area (Å²) in [7, 11) is 1.60. The minimum atomic E-state index is -0.426. The molecular weight excluding hydrogens is 420 g/mol. The summed E-state index contributed by atoms with van der Waals surface area (Å²) in [6.45, 7) is 0. The first-order valence-electron chi connectivity index (χ1n) is 7.56. The predicted molar refractivity (Wildman–Crippen MR) is 107 cm³/mol. The highest BCUT2D eigenvalue weighted by atomic mass is 79.9. The Labute approximate surface area is 163 Å². The van der Waals surface area contributed by atoms with Gasteiger partial charge in [0.15, 0.2) is 0 Å². The van der Waals surface area contributed by atoms with E-state index >= 15 is 0 Å². The molecule has 0 spiro atoms. The van der Waals surface area contributed by atoms with Gasteiger partial charge in [0.2, 0.25) is 0 Å². The zero-order chi connectivity index (χ0) is 18.5. The lowest BCUT2D eigenvalue weighted by Gasteiger charge is -2.07. The monoisotopic (exact) mass is 432 g/mol. The van der Waals surface area contributed by atoms with Crippen LogP contribution in [-0.2, 0) is 0 Å². The molecule has 8 heteroatoms. The first-order valence-corrected chi connectivity index (χ1v) is 8.73. The van der Waals surface area contributed by atoms with Crippen LogP contribution in [0, 0.1) is 0 Å².